The Bertz CT molecular complexity index is 949. The summed E-state index contributed by atoms with van der Waals surface area (Å²) >= 11 is 6.90. The van der Waals surface area contributed by atoms with Gasteiger partial charge in [-0.3, -0.25) is 9.78 Å². The maximum Gasteiger partial charge on any atom is 0.258 e. The Kier molecular flexibility index (Phi) is 5.09. The molecule has 1 aliphatic rings. The molecule has 1 saturated heterocycles. The summed E-state index contributed by atoms with van der Waals surface area (Å²) in [5.41, 5.74) is -0.109. The van der Waals surface area contributed by atoms with Crippen molar-refractivity contribution in [3.8, 4) is 5.75 Å². The molecule has 1 aromatic carbocycles. The molecule has 0 unspecified atom stereocenters. The zero-order valence-corrected chi connectivity index (χ0v) is 17.4. The van der Waals surface area contributed by atoms with Gasteiger partial charge < -0.3 is 10.1 Å². The van der Waals surface area contributed by atoms with Crippen LogP contribution in [0.4, 0.5) is 0 Å². The lowest BCUT2D eigenvalue weighted by molar-refractivity contribution is -0.124. The quantitative estimate of drug-likeness (QED) is 0.710. The highest BCUT2D eigenvalue weighted by molar-refractivity contribution is 9.11. The van der Waals surface area contributed by atoms with Gasteiger partial charge in [-0.2, -0.15) is 0 Å². The van der Waals surface area contributed by atoms with E-state index < -0.39 is 15.4 Å². The van der Waals surface area contributed by atoms with Gasteiger partial charge in [0.15, 0.2) is 22.2 Å². The Morgan fingerprint density at radius 1 is 1.40 bits per heavy atom. The van der Waals surface area contributed by atoms with Gasteiger partial charge >= 0.3 is 0 Å². The third kappa shape index (κ3) is 4.15. The molecular formula is C16H16Br2N2O4S. The average Bonchev–Trinajstić information content (AvgIpc) is 2.80. The van der Waals surface area contributed by atoms with Crippen LogP contribution in [0.3, 0.4) is 0 Å². The largest absolute Gasteiger partial charge is 0.480 e. The predicted molar refractivity (Wildman–Crippen MR) is 102 cm³/mol. The fourth-order valence-corrected chi connectivity index (χ4v) is 6.38. The van der Waals surface area contributed by atoms with Crippen molar-refractivity contribution in [2.24, 2.45) is 0 Å². The number of nitrogens with zero attached hydrogens (tertiary/aromatic N) is 1. The lowest BCUT2D eigenvalue weighted by atomic mass is 10.0. The molecule has 9 heteroatoms. The SMILES string of the molecule is C[C@]1(NC(=O)COc2c(Br)cc(Br)c3cccnc23)CCS(=O)(=O)C1. The first-order chi connectivity index (χ1) is 11.7. The van der Waals surface area contributed by atoms with Gasteiger partial charge in [0.05, 0.1) is 21.5 Å². The number of sulfone groups is 1. The fourth-order valence-electron chi connectivity index (χ4n) is 2.90. The number of fused-ring (bicyclic) bond motifs is 1. The molecular weight excluding hydrogens is 476 g/mol. The zero-order chi connectivity index (χ0) is 18.2. The smallest absolute Gasteiger partial charge is 0.258 e. The first kappa shape index (κ1) is 18.6. The molecule has 0 saturated carbocycles. The van der Waals surface area contributed by atoms with Crippen LogP contribution in [0.2, 0.25) is 0 Å². The van der Waals surface area contributed by atoms with Crippen LogP contribution in [0, 0.1) is 0 Å². The summed E-state index contributed by atoms with van der Waals surface area (Å²) in [6, 6.07) is 5.55. The van der Waals surface area contributed by atoms with E-state index in [2.05, 4.69) is 42.2 Å². The van der Waals surface area contributed by atoms with Gasteiger partial charge in [0.25, 0.3) is 5.91 Å². The summed E-state index contributed by atoms with van der Waals surface area (Å²) in [5.74, 6) is 0.159. The number of rotatable bonds is 4. The highest BCUT2D eigenvalue weighted by Gasteiger charge is 2.39. The van der Waals surface area contributed by atoms with Gasteiger partial charge in [-0.1, -0.05) is 22.0 Å². The Hall–Kier alpha value is -1.19. The number of hydrogen-bond donors (Lipinski definition) is 1. The minimum Gasteiger partial charge on any atom is -0.480 e. The predicted octanol–water partition coefficient (Wildman–Crippen LogP) is 2.83. The number of nitrogens with one attached hydrogen (secondary N) is 1. The van der Waals surface area contributed by atoms with E-state index in [-0.39, 0.29) is 24.0 Å². The molecule has 25 heavy (non-hydrogen) atoms. The first-order valence-electron chi connectivity index (χ1n) is 7.56. The second-order valence-corrected chi connectivity index (χ2v) is 10.2. The third-order valence-electron chi connectivity index (χ3n) is 4.04. The molecule has 2 heterocycles. The van der Waals surface area contributed by atoms with E-state index >= 15 is 0 Å². The molecule has 0 spiro atoms. The number of pyridine rings is 1. The minimum atomic E-state index is -3.09. The van der Waals surface area contributed by atoms with Crippen molar-refractivity contribution in [2.75, 3.05) is 18.1 Å². The summed E-state index contributed by atoms with van der Waals surface area (Å²) in [6.07, 6.45) is 2.06. The van der Waals surface area contributed by atoms with Gasteiger partial charge in [-0.15, -0.1) is 0 Å². The molecule has 1 N–H and O–H groups in total. The molecule has 134 valence electrons. The highest BCUT2D eigenvalue weighted by Crippen LogP contribution is 2.37. The Balaban J connectivity index is 1.74. The van der Waals surface area contributed by atoms with Gasteiger partial charge in [0.2, 0.25) is 0 Å². The van der Waals surface area contributed by atoms with E-state index in [9.17, 15) is 13.2 Å². The number of carbonyl (C=O) groups is 1. The summed E-state index contributed by atoms with van der Waals surface area (Å²) in [5, 5.41) is 3.64. The highest BCUT2D eigenvalue weighted by atomic mass is 79.9. The van der Waals surface area contributed by atoms with Crippen LogP contribution in [0.1, 0.15) is 13.3 Å². The van der Waals surface area contributed by atoms with Crippen LogP contribution in [-0.2, 0) is 14.6 Å². The van der Waals surface area contributed by atoms with Crippen molar-refractivity contribution >= 4 is 58.5 Å². The van der Waals surface area contributed by atoms with Gasteiger partial charge in [0.1, 0.15) is 5.52 Å². The van der Waals surface area contributed by atoms with Crippen LogP contribution >= 0.6 is 31.9 Å². The molecule has 1 aliphatic heterocycles. The molecule has 6 nitrogen and oxygen atoms in total. The van der Waals surface area contributed by atoms with E-state index in [1.165, 1.54) is 0 Å². The summed E-state index contributed by atoms with van der Waals surface area (Å²) < 4.78 is 30.5. The van der Waals surface area contributed by atoms with E-state index in [0.717, 1.165) is 9.86 Å². The number of benzene rings is 1. The Labute approximate surface area is 162 Å². The monoisotopic (exact) mass is 490 g/mol. The van der Waals surface area contributed by atoms with Crippen molar-refractivity contribution in [1.82, 2.24) is 10.3 Å². The van der Waals surface area contributed by atoms with E-state index in [4.69, 9.17) is 4.74 Å². The molecule has 0 aliphatic carbocycles. The first-order valence-corrected chi connectivity index (χ1v) is 11.0. The van der Waals surface area contributed by atoms with Gasteiger partial charge in [-0.25, -0.2) is 8.42 Å². The topological polar surface area (TPSA) is 85.4 Å². The van der Waals surface area contributed by atoms with Gasteiger partial charge in [-0.05, 0) is 41.4 Å². The summed E-state index contributed by atoms with van der Waals surface area (Å²) in [6.45, 7) is 1.52. The molecule has 0 radical (unpaired) electrons. The van der Waals surface area contributed by atoms with Crippen molar-refractivity contribution in [3.05, 3.63) is 33.3 Å². The number of amides is 1. The number of hydrogen-bond acceptors (Lipinski definition) is 5. The molecule has 1 amide bonds. The third-order valence-corrected chi connectivity index (χ3v) is 7.19. The minimum absolute atomic E-state index is 0.0434. The Morgan fingerprint density at radius 2 is 2.16 bits per heavy atom. The molecule has 3 rings (SSSR count). The molecule has 1 fully saturated rings. The number of carbonyl (C=O) groups excluding carboxylic acids is 1. The van der Waals surface area contributed by atoms with Gasteiger partial charge in [0, 0.05) is 16.1 Å². The van der Waals surface area contributed by atoms with Crippen LogP contribution in [0.5, 0.6) is 5.75 Å². The second kappa shape index (κ2) is 6.85. The summed E-state index contributed by atoms with van der Waals surface area (Å²) in [4.78, 5) is 16.5. The maximum absolute atomic E-state index is 12.2. The summed E-state index contributed by atoms with van der Waals surface area (Å²) in [7, 11) is -3.09. The van der Waals surface area contributed by atoms with E-state index in [0.29, 0.717) is 22.2 Å². The lowest BCUT2D eigenvalue weighted by Crippen LogP contribution is -2.48. The second-order valence-electron chi connectivity index (χ2n) is 6.31. The Morgan fingerprint density at radius 3 is 2.84 bits per heavy atom. The normalized spacial score (nSPS) is 22.0. The number of aromatic nitrogens is 1. The van der Waals surface area contributed by atoms with Crippen LogP contribution in [0.25, 0.3) is 10.9 Å². The zero-order valence-electron chi connectivity index (χ0n) is 13.4. The van der Waals surface area contributed by atoms with E-state index in [1.54, 1.807) is 13.1 Å². The standard InChI is InChI=1S/C16H16Br2N2O4S/c1-16(4-6-25(22,23)9-16)20-13(21)8-24-15-12(18)7-11(17)10-3-2-5-19-14(10)15/h2-3,5,7H,4,6,8-9H2,1H3,(H,20,21)/t16-/m0/s1. The fraction of sp³-hybridized carbons (Fsp3) is 0.375. The lowest BCUT2D eigenvalue weighted by Gasteiger charge is -2.24. The van der Waals surface area contributed by atoms with Crippen molar-refractivity contribution in [3.63, 3.8) is 0 Å². The van der Waals surface area contributed by atoms with Crippen molar-refractivity contribution in [2.45, 2.75) is 18.9 Å². The number of ether oxygens (including phenoxy) is 1. The molecule has 0 bridgehead atoms. The number of halogens is 2. The molecule has 2 aromatic rings. The maximum atomic E-state index is 12.2. The van der Waals surface area contributed by atoms with Crippen LogP contribution in [-0.4, -0.2) is 43.0 Å². The molecule has 1 atom stereocenters. The van der Waals surface area contributed by atoms with Crippen molar-refractivity contribution < 1.29 is 17.9 Å². The van der Waals surface area contributed by atoms with Crippen LogP contribution in [0.15, 0.2) is 33.3 Å². The molecule has 1 aromatic heterocycles. The van der Waals surface area contributed by atoms with Crippen molar-refractivity contribution in [1.29, 1.82) is 0 Å². The average molecular weight is 492 g/mol. The van der Waals surface area contributed by atoms with E-state index in [1.807, 2.05) is 18.2 Å². The van der Waals surface area contributed by atoms with Crippen LogP contribution < -0.4 is 10.1 Å².